The maximum Gasteiger partial charge on any atom is 0.263 e. The molecular weight excluding hydrogens is 440 g/mol. The first-order valence-electron chi connectivity index (χ1n) is 8.67. The summed E-state index contributed by atoms with van der Waals surface area (Å²) in [4.78, 5) is 33.8. The monoisotopic (exact) mass is 458 g/mol. The maximum atomic E-state index is 12.4. The van der Waals surface area contributed by atoms with E-state index in [4.69, 9.17) is 0 Å². The van der Waals surface area contributed by atoms with E-state index in [9.17, 15) is 9.59 Å². The third-order valence-corrected chi connectivity index (χ3v) is 5.67. The van der Waals surface area contributed by atoms with Crippen molar-refractivity contribution in [1.29, 1.82) is 0 Å². The van der Waals surface area contributed by atoms with Crippen molar-refractivity contribution in [2.45, 2.75) is 20.3 Å². The van der Waals surface area contributed by atoms with Crippen LogP contribution in [0.1, 0.15) is 27.3 Å². The van der Waals surface area contributed by atoms with E-state index in [2.05, 4.69) is 36.5 Å². The Balaban J connectivity index is 1.55. The van der Waals surface area contributed by atoms with E-state index in [-0.39, 0.29) is 24.8 Å². The molecule has 0 radical (unpaired) electrons. The number of aromatic nitrogens is 2. The molecule has 0 aliphatic carbocycles. The van der Waals surface area contributed by atoms with Gasteiger partial charge in [-0.2, -0.15) is 0 Å². The van der Waals surface area contributed by atoms with Crippen LogP contribution in [-0.2, 0) is 4.79 Å². The second kappa shape index (κ2) is 9.07. The predicted molar refractivity (Wildman–Crippen MR) is 115 cm³/mol. The van der Waals surface area contributed by atoms with Crippen LogP contribution in [0.3, 0.4) is 0 Å². The second-order valence-electron chi connectivity index (χ2n) is 6.16. The van der Waals surface area contributed by atoms with Crippen molar-refractivity contribution in [2.75, 3.05) is 11.9 Å². The van der Waals surface area contributed by atoms with Gasteiger partial charge in [-0.15, -0.1) is 11.3 Å². The minimum absolute atomic E-state index is 0.156. The molecule has 0 aliphatic rings. The number of carbonyl (C=O) groups is 2. The van der Waals surface area contributed by atoms with Gasteiger partial charge < -0.3 is 10.6 Å². The number of halogens is 1. The second-order valence-corrected chi connectivity index (χ2v) is 8.08. The van der Waals surface area contributed by atoms with Crippen LogP contribution in [0.15, 0.2) is 47.1 Å². The zero-order chi connectivity index (χ0) is 20.1. The van der Waals surface area contributed by atoms with Gasteiger partial charge in [-0.25, -0.2) is 4.98 Å². The third kappa shape index (κ3) is 5.02. The number of pyridine rings is 1. The molecule has 2 amide bonds. The minimum Gasteiger partial charge on any atom is -0.351 e. The van der Waals surface area contributed by atoms with Crippen LogP contribution < -0.4 is 10.6 Å². The summed E-state index contributed by atoms with van der Waals surface area (Å²) >= 11 is 4.69. The molecule has 8 heteroatoms. The molecule has 0 saturated heterocycles. The van der Waals surface area contributed by atoms with Gasteiger partial charge in [0.15, 0.2) is 0 Å². The molecule has 6 nitrogen and oxygen atoms in total. The topological polar surface area (TPSA) is 84.0 Å². The Morgan fingerprint density at radius 2 is 2.00 bits per heavy atom. The fraction of sp³-hybridized carbons (Fsp3) is 0.200. The Hall–Kier alpha value is -2.58. The van der Waals surface area contributed by atoms with Crippen molar-refractivity contribution in [1.82, 2.24) is 15.3 Å². The highest BCUT2D eigenvalue weighted by Gasteiger charge is 2.17. The first kappa shape index (κ1) is 20.2. The Labute approximate surface area is 175 Å². The summed E-state index contributed by atoms with van der Waals surface area (Å²) in [5.41, 5.74) is 3.11. The number of nitrogens with one attached hydrogen (secondary N) is 2. The molecule has 3 aromatic rings. The number of hydrogen-bond acceptors (Lipinski definition) is 5. The lowest BCUT2D eigenvalue weighted by molar-refractivity contribution is -0.116. The standard InChI is InChI=1S/C20H19BrN4O2S/c1-12-6-7-14(21)11-16(12)25-17(26)8-10-23-19(27)18-13(2)24-20(28-18)15-5-3-4-9-22-15/h3-7,9,11H,8,10H2,1-2H3,(H,23,27)(H,25,26). The maximum absolute atomic E-state index is 12.4. The minimum atomic E-state index is -0.233. The number of aryl methyl sites for hydroxylation is 2. The molecule has 144 valence electrons. The van der Waals surface area contributed by atoms with E-state index in [0.29, 0.717) is 15.6 Å². The zero-order valence-electron chi connectivity index (χ0n) is 15.5. The molecule has 0 bridgehead atoms. The van der Waals surface area contributed by atoms with E-state index < -0.39 is 0 Å². The van der Waals surface area contributed by atoms with Gasteiger partial charge >= 0.3 is 0 Å². The normalized spacial score (nSPS) is 10.5. The number of benzene rings is 1. The lowest BCUT2D eigenvalue weighted by Crippen LogP contribution is -2.27. The van der Waals surface area contributed by atoms with Crippen molar-refractivity contribution in [3.8, 4) is 10.7 Å². The molecule has 2 N–H and O–H groups in total. The summed E-state index contributed by atoms with van der Waals surface area (Å²) in [5, 5.41) is 6.35. The number of thiazole rings is 1. The first-order valence-corrected chi connectivity index (χ1v) is 10.3. The summed E-state index contributed by atoms with van der Waals surface area (Å²) in [7, 11) is 0. The molecule has 0 fully saturated rings. The molecule has 0 aliphatic heterocycles. The highest BCUT2D eigenvalue weighted by Crippen LogP contribution is 2.26. The van der Waals surface area contributed by atoms with Crippen LogP contribution in [0.2, 0.25) is 0 Å². The number of anilines is 1. The number of amides is 2. The largest absolute Gasteiger partial charge is 0.351 e. The lowest BCUT2D eigenvalue weighted by atomic mass is 10.2. The molecule has 0 saturated carbocycles. The number of nitrogens with zero attached hydrogens (tertiary/aromatic N) is 2. The Morgan fingerprint density at radius 3 is 2.75 bits per heavy atom. The van der Waals surface area contributed by atoms with Crippen LogP contribution in [0.4, 0.5) is 5.69 Å². The van der Waals surface area contributed by atoms with Crippen LogP contribution in [0, 0.1) is 13.8 Å². The molecule has 2 aromatic heterocycles. The molecule has 0 unspecified atom stereocenters. The first-order chi connectivity index (χ1) is 13.4. The fourth-order valence-electron chi connectivity index (χ4n) is 2.52. The van der Waals surface area contributed by atoms with Crippen molar-refractivity contribution >= 4 is 44.8 Å². The average molecular weight is 459 g/mol. The average Bonchev–Trinajstić information content (AvgIpc) is 3.07. The van der Waals surface area contributed by atoms with Gasteiger partial charge in [0.1, 0.15) is 9.88 Å². The van der Waals surface area contributed by atoms with E-state index in [1.54, 1.807) is 13.1 Å². The number of hydrogen-bond donors (Lipinski definition) is 2. The lowest BCUT2D eigenvalue weighted by Gasteiger charge is -2.09. The van der Waals surface area contributed by atoms with E-state index in [1.165, 1.54) is 11.3 Å². The number of rotatable bonds is 6. The van der Waals surface area contributed by atoms with Crippen LogP contribution >= 0.6 is 27.3 Å². The molecular formula is C20H19BrN4O2S. The van der Waals surface area contributed by atoms with Crippen LogP contribution in [0.5, 0.6) is 0 Å². The molecule has 0 atom stereocenters. The molecule has 2 heterocycles. The molecule has 3 rings (SSSR count). The van der Waals surface area contributed by atoms with Gasteiger partial charge in [0.2, 0.25) is 5.91 Å². The summed E-state index contributed by atoms with van der Waals surface area (Å²) in [6, 6.07) is 11.3. The van der Waals surface area contributed by atoms with Crippen molar-refractivity contribution in [3.05, 3.63) is 63.2 Å². The molecule has 0 spiro atoms. The third-order valence-electron chi connectivity index (χ3n) is 4.00. The SMILES string of the molecule is Cc1ccc(Br)cc1NC(=O)CCNC(=O)c1sc(-c2ccccn2)nc1C. The van der Waals surface area contributed by atoms with Gasteiger partial charge in [-0.05, 0) is 43.7 Å². The van der Waals surface area contributed by atoms with Gasteiger partial charge in [0, 0.05) is 29.3 Å². The predicted octanol–water partition coefficient (Wildman–Crippen LogP) is 4.34. The van der Waals surface area contributed by atoms with Crippen LogP contribution in [0.25, 0.3) is 10.7 Å². The molecule has 1 aromatic carbocycles. The van der Waals surface area contributed by atoms with Gasteiger partial charge in [-0.3, -0.25) is 14.6 Å². The zero-order valence-corrected chi connectivity index (χ0v) is 17.9. The van der Waals surface area contributed by atoms with Crippen molar-refractivity contribution < 1.29 is 9.59 Å². The summed E-state index contributed by atoms with van der Waals surface area (Å²) in [6.07, 6.45) is 1.88. The van der Waals surface area contributed by atoms with Crippen LogP contribution in [-0.4, -0.2) is 28.3 Å². The fourth-order valence-corrected chi connectivity index (χ4v) is 3.84. The van der Waals surface area contributed by atoms with Crippen molar-refractivity contribution in [3.63, 3.8) is 0 Å². The smallest absolute Gasteiger partial charge is 0.263 e. The Morgan fingerprint density at radius 1 is 1.18 bits per heavy atom. The number of carbonyl (C=O) groups excluding carboxylic acids is 2. The van der Waals surface area contributed by atoms with Gasteiger partial charge in [0.25, 0.3) is 5.91 Å². The quantitative estimate of drug-likeness (QED) is 0.575. The summed E-state index contributed by atoms with van der Waals surface area (Å²) < 4.78 is 0.895. The van der Waals surface area contributed by atoms with E-state index >= 15 is 0 Å². The van der Waals surface area contributed by atoms with Crippen molar-refractivity contribution in [2.24, 2.45) is 0 Å². The van der Waals surface area contributed by atoms with Gasteiger partial charge in [-0.1, -0.05) is 28.1 Å². The summed E-state index contributed by atoms with van der Waals surface area (Å²) in [6.45, 7) is 3.96. The Bertz CT molecular complexity index is 1000. The highest BCUT2D eigenvalue weighted by atomic mass is 79.9. The van der Waals surface area contributed by atoms with E-state index in [1.807, 2.05) is 43.3 Å². The highest BCUT2D eigenvalue weighted by molar-refractivity contribution is 9.10. The van der Waals surface area contributed by atoms with Gasteiger partial charge in [0.05, 0.1) is 11.4 Å². The van der Waals surface area contributed by atoms with E-state index in [0.717, 1.165) is 21.4 Å². The molecule has 28 heavy (non-hydrogen) atoms. The summed E-state index contributed by atoms with van der Waals surface area (Å²) in [5.74, 6) is -0.389. The Kier molecular flexibility index (Phi) is 6.53.